The average Bonchev–Trinajstić information content (AvgIpc) is 2.23. The summed E-state index contributed by atoms with van der Waals surface area (Å²) in [6, 6.07) is 8.62. The molecule has 0 spiro atoms. The fraction of sp³-hybridized carbons (Fsp3) is 0.417. The summed E-state index contributed by atoms with van der Waals surface area (Å²) in [6.07, 6.45) is 0.661. The third-order valence-corrected chi connectivity index (χ3v) is 4.22. The number of hydrogen-bond donors (Lipinski definition) is 0. The van der Waals surface area contributed by atoms with E-state index in [0.29, 0.717) is 12.8 Å². The summed E-state index contributed by atoms with van der Waals surface area (Å²) in [4.78, 5) is 0.170. The molecule has 1 fully saturated rings. The Balaban J connectivity index is 2.05. The highest BCUT2D eigenvalue weighted by atomic mass is 32.2. The van der Waals surface area contributed by atoms with Crippen LogP contribution in [0.25, 0.3) is 0 Å². The van der Waals surface area contributed by atoms with Crippen molar-refractivity contribution in [1.29, 1.82) is 5.26 Å². The zero-order chi connectivity index (χ0) is 12.5. The molecule has 0 heterocycles. The van der Waals surface area contributed by atoms with Gasteiger partial charge in [0, 0.05) is 0 Å². The molecular formula is C12H13NO3S. The first-order valence-electron chi connectivity index (χ1n) is 5.41. The Morgan fingerprint density at radius 3 is 2.41 bits per heavy atom. The van der Waals surface area contributed by atoms with Crippen molar-refractivity contribution in [2.45, 2.75) is 30.8 Å². The predicted molar refractivity (Wildman–Crippen MR) is 61.6 cm³/mol. The van der Waals surface area contributed by atoms with Crippen LogP contribution in [0.5, 0.6) is 0 Å². The van der Waals surface area contributed by atoms with Crippen LogP contribution >= 0.6 is 0 Å². The molecule has 90 valence electrons. The van der Waals surface area contributed by atoms with Crippen molar-refractivity contribution in [3.8, 4) is 6.07 Å². The van der Waals surface area contributed by atoms with Crippen LogP contribution in [0.4, 0.5) is 0 Å². The molecular weight excluding hydrogens is 238 g/mol. The van der Waals surface area contributed by atoms with Crippen LogP contribution in [-0.4, -0.2) is 14.5 Å². The lowest BCUT2D eigenvalue weighted by Gasteiger charge is -2.29. The highest BCUT2D eigenvalue weighted by Crippen LogP contribution is 2.31. The van der Waals surface area contributed by atoms with Crippen LogP contribution in [0.15, 0.2) is 29.2 Å². The predicted octanol–water partition coefficient (Wildman–Crippen LogP) is 2.00. The Morgan fingerprint density at radius 1 is 1.29 bits per heavy atom. The minimum atomic E-state index is -3.68. The summed E-state index contributed by atoms with van der Waals surface area (Å²) < 4.78 is 28.7. The van der Waals surface area contributed by atoms with Crippen molar-refractivity contribution < 1.29 is 12.6 Å². The van der Waals surface area contributed by atoms with Crippen LogP contribution in [-0.2, 0) is 14.3 Å². The van der Waals surface area contributed by atoms with Crippen LogP contribution < -0.4 is 0 Å². The molecule has 1 saturated carbocycles. The quantitative estimate of drug-likeness (QED) is 0.770. The molecule has 0 bridgehead atoms. The highest BCUT2D eigenvalue weighted by Gasteiger charge is 2.34. The number of rotatable bonds is 3. The lowest BCUT2D eigenvalue weighted by Crippen LogP contribution is -2.32. The van der Waals surface area contributed by atoms with E-state index in [0.717, 1.165) is 5.56 Å². The molecule has 2 rings (SSSR count). The third kappa shape index (κ3) is 2.65. The van der Waals surface area contributed by atoms with Gasteiger partial charge >= 0.3 is 0 Å². The SMILES string of the molecule is Cc1ccc(S(=O)(=O)OC2CC(C#N)C2)cc1. The summed E-state index contributed by atoms with van der Waals surface area (Å²) >= 11 is 0. The fourth-order valence-electron chi connectivity index (χ4n) is 1.69. The van der Waals surface area contributed by atoms with E-state index >= 15 is 0 Å². The molecule has 0 unspecified atom stereocenters. The van der Waals surface area contributed by atoms with Crippen molar-refractivity contribution in [1.82, 2.24) is 0 Å². The first-order chi connectivity index (χ1) is 8.01. The lowest BCUT2D eigenvalue weighted by atomic mass is 9.84. The Morgan fingerprint density at radius 2 is 1.88 bits per heavy atom. The van der Waals surface area contributed by atoms with E-state index in [1.807, 2.05) is 6.92 Å². The maximum atomic E-state index is 11.8. The molecule has 0 radical (unpaired) electrons. The Kier molecular flexibility index (Phi) is 3.18. The highest BCUT2D eigenvalue weighted by molar-refractivity contribution is 7.86. The van der Waals surface area contributed by atoms with Gasteiger partial charge in [-0.1, -0.05) is 17.7 Å². The van der Waals surface area contributed by atoms with Crippen LogP contribution in [0.1, 0.15) is 18.4 Å². The minimum Gasteiger partial charge on any atom is -0.263 e. The van der Waals surface area contributed by atoms with E-state index in [1.165, 1.54) is 12.1 Å². The van der Waals surface area contributed by atoms with Crippen molar-refractivity contribution >= 4 is 10.1 Å². The molecule has 1 aliphatic rings. The maximum Gasteiger partial charge on any atom is 0.297 e. The molecule has 4 nitrogen and oxygen atoms in total. The monoisotopic (exact) mass is 251 g/mol. The van der Waals surface area contributed by atoms with E-state index in [1.54, 1.807) is 12.1 Å². The molecule has 0 atom stereocenters. The second-order valence-electron chi connectivity index (χ2n) is 4.28. The number of aryl methyl sites for hydroxylation is 1. The third-order valence-electron chi connectivity index (χ3n) is 2.85. The Bertz CT molecular complexity index is 536. The van der Waals surface area contributed by atoms with Gasteiger partial charge in [0.1, 0.15) is 0 Å². The van der Waals surface area contributed by atoms with Crippen molar-refractivity contribution in [2.24, 2.45) is 5.92 Å². The van der Waals surface area contributed by atoms with Gasteiger partial charge < -0.3 is 0 Å². The molecule has 1 aliphatic carbocycles. The number of nitrogens with zero attached hydrogens (tertiary/aromatic N) is 1. The molecule has 0 aromatic heterocycles. The smallest absolute Gasteiger partial charge is 0.263 e. The molecule has 0 saturated heterocycles. The second kappa shape index (κ2) is 4.47. The van der Waals surface area contributed by atoms with Gasteiger partial charge in [-0.2, -0.15) is 13.7 Å². The van der Waals surface area contributed by atoms with Gasteiger partial charge in [0.15, 0.2) is 0 Å². The molecule has 0 aliphatic heterocycles. The van der Waals surface area contributed by atoms with Gasteiger partial charge in [-0.15, -0.1) is 0 Å². The van der Waals surface area contributed by atoms with Crippen molar-refractivity contribution in [3.05, 3.63) is 29.8 Å². The minimum absolute atomic E-state index is 0.0618. The largest absolute Gasteiger partial charge is 0.297 e. The maximum absolute atomic E-state index is 11.8. The first kappa shape index (κ1) is 12.1. The molecule has 1 aromatic carbocycles. The lowest BCUT2D eigenvalue weighted by molar-refractivity contribution is 0.0960. The Labute approximate surface area is 101 Å². The van der Waals surface area contributed by atoms with Crippen LogP contribution in [0.2, 0.25) is 0 Å². The number of hydrogen-bond acceptors (Lipinski definition) is 4. The van der Waals surface area contributed by atoms with E-state index in [-0.39, 0.29) is 16.9 Å². The Hall–Kier alpha value is -1.38. The van der Waals surface area contributed by atoms with Crippen LogP contribution in [0.3, 0.4) is 0 Å². The summed E-state index contributed by atoms with van der Waals surface area (Å²) in [5.41, 5.74) is 0.997. The molecule has 0 N–H and O–H groups in total. The van der Waals surface area contributed by atoms with Gasteiger partial charge in [-0.05, 0) is 31.9 Å². The summed E-state index contributed by atoms with van der Waals surface area (Å²) in [6.45, 7) is 1.89. The second-order valence-corrected chi connectivity index (χ2v) is 5.85. The van der Waals surface area contributed by atoms with Gasteiger partial charge in [0.2, 0.25) is 0 Å². The van der Waals surface area contributed by atoms with Crippen LogP contribution in [0, 0.1) is 24.2 Å². The molecule has 17 heavy (non-hydrogen) atoms. The van der Waals surface area contributed by atoms with E-state index in [2.05, 4.69) is 6.07 Å². The van der Waals surface area contributed by atoms with E-state index in [4.69, 9.17) is 9.44 Å². The topological polar surface area (TPSA) is 67.2 Å². The summed E-state index contributed by atoms with van der Waals surface area (Å²) in [5.74, 6) is -0.0618. The standard InChI is InChI=1S/C12H13NO3S/c1-9-2-4-12(5-3-9)17(14,15)16-11-6-10(7-11)8-13/h2-5,10-11H,6-7H2,1H3. The zero-order valence-electron chi connectivity index (χ0n) is 9.46. The summed E-state index contributed by atoms with van der Waals surface area (Å²) in [5, 5.41) is 8.59. The number of benzene rings is 1. The van der Waals surface area contributed by atoms with Gasteiger partial charge in [0.05, 0.1) is 23.0 Å². The molecule has 0 amide bonds. The average molecular weight is 251 g/mol. The normalized spacial score (nSPS) is 23.8. The van der Waals surface area contributed by atoms with Gasteiger partial charge in [0.25, 0.3) is 10.1 Å². The van der Waals surface area contributed by atoms with E-state index in [9.17, 15) is 8.42 Å². The molecule has 1 aromatic rings. The first-order valence-corrected chi connectivity index (χ1v) is 6.81. The van der Waals surface area contributed by atoms with Crippen molar-refractivity contribution in [2.75, 3.05) is 0 Å². The zero-order valence-corrected chi connectivity index (χ0v) is 10.3. The number of nitriles is 1. The van der Waals surface area contributed by atoms with Gasteiger partial charge in [-0.3, -0.25) is 4.18 Å². The van der Waals surface area contributed by atoms with Crippen molar-refractivity contribution in [3.63, 3.8) is 0 Å². The molecule has 5 heteroatoms. The van der Waals surface area contributed by atoms with Gasteiger partial charge in [-0.25, -0.2) is 0 Å². The fourth-order valence-corrected chi connectivity index (χ4v) is 2.79. The summed E-state index contributed by atoms with van der Waals surface area (Å²) in [7, 11) is -3.68. The van der Waals surface area contributed by atoms with E-state index < -0.39 is 10.1 Å².